The number of amides is 1. The van der Waals surface area contributed by atoms with Gasteiger partial charge in [-0.1, -0.05) is 6.92 Å². The number of carbonyl (C=O) groups excluding carboxylic acids is 1. The largest absolute Gasteiger partial charge is 0.350 e. The zero-order valence-electron chi connectivity index (χ0n) is 11.5. The van der Waals surface area contributed by atoms with Gasteiger partial charge in [0.05, 0.1) is 0 Å². The summed E-state index contributed by atoms with van der Waals surface area (Å²) in [4.78, 5) is 12.0. The average Bonchev–Trinajstić information content (AvgIpc) is 3.07. The van der Waals surface area contributed by atoms with Crippen LogP contribution in [0.3, 0.4) is 0 Å². The number of aryl methyl sites for hydroxylation is 2. The summed E-state index contributed by atoms with van der Waals surface area (Å²) in [5.41, 5.74) is 0. The minimum Gasteiger partial charge on any atom is -0.350 e. The van der Waals surface area contributed by atoms with Crippen molar-refractivity contribution in [1.29, 1.82) is 0 Å². The third-order valence-electron chi connectivity index (χ3n) is 3.57. The van der Waals surface area contributed by atoms with E-state index in [0.717, 1.165) is 37.5 Å². The average molecular weight is 274 g/mol. The van der Waals surface area contributed by atoms with E-state index in [1.807, 2.05) is 6.07 Å². The van der Waals surface area contributed by atoms with Crippen molar-refractivity contribution < 1.29 is 4.79 Å². The molecule has 7 nitrogen and oxygen atoms in total. The maximum atomic E-state index is 12.0. The molecule has 0 spiro atoms. The minimum absolute atomic E-state index is 0.00623. The van der Waals surface area contributed by atoms with Crippen LogP contribution in [0.15, 0.2) is 18.5 Å². The Morgan fingerprint density at radius 3 is 3.15 bits per heavy atom. The van der Waals surface area contributed by atoms with Crippen molar-refractivity contribution >= 4 is 5.91 Å². The van der Waals surface area contributed by atoms with Gasteiger partial charge in [-0.25, -0.2) is 0 Å². The lowest BCUT2D eigenvalue weighted by molar-refractivity contribution is -0.122. The fourth-order valence-electron chi connectivity index (χ4n) is 2.58. The van der Waals surface area contributed by atoms with Crippen molar-refractivity contribution in [2.24, 2.45) is 0 Å². The third-order valence-corrected chi connectivity index (χ3v) is 3.57. The zero-order valence-corrected chi connectivity index (χ0v) is 11.5. The van der Waals surface area contributed by atoms with E-state index >= 15 is 0 Å². The molecule has 3 rings (SSSR count). The monoisotopic (exact) mass is 274 g/mol. The van der Waals surface area contributed by atoms with Crippen LogP contribution in [-0.4, -0.2) is 36.5 Å². The van der Waals surface area contributed by atoms with Gasteiger partial charge >= 0.3 is 0 Å². The van der Waals surface area contributed by atoms with Gasteiger partial charge in [0.15, 0.2) is 0 Å². The molecule has 20 heavy (non-hydrogen) atoms. The Balaban J connectivity index is 1.61. The normalized spacial score (nSPS) is 17.8. The van der Waals surface area contributed by atoms with E-state index in [2.05, 4.69) is 32.1 Å². The van der Waals surface area contributed by atoms with E-state index < -0.39 is 0 Å². The minimum atomic E-state index is -0.00623. The Labute approximate surface area is 117 Å². The first kappa shape index (κ1) is 12.8. The van der Waals surface area contributed by atoms with Crippen LogP contribution in [-0.2, 0) is 30.7 Å². The Morgan fingerprint density at radius 2 is 2.40 bits per heavy atom. The molecule has 3 heterocycles. The predicted octanol–water partition coefficient (Wildman–Crippen LogP) is 0.168. The smallest absolute Gasteiger partial charge is 0.242 e. The lowest BCUT2D eigenvalue weighted by Crippen LogP contribution is -2.42. The Bertz CT molecular complexity index is 575. The molecular weight excluding hydrogens is 256 g/mol. The molecule has 1 unspecified atom stereocenters. The van der Waals surface area contributed by atoms with Gasteiger partial charge < -0.3 is 9.88 Å². The highest BCUT2D eigenvalue weighted by Crippen LogP contribution is 2.15. The standard InChI is InChI=1S/C13H18N6O/c1-2-11-16-17-12-5-4-10(8-19(11)12)15-13(20)9-18-7-3-6-14-18/h3,6-7,10H,2,4-5,8-9H2,1H3,(H,15,20). The molecule has 2 aromatic heterocycles. The third kappa shape index (κ3) is 2.56. The van der Waals surface area contributed by atoms with Crippen LogP contribution in [0.4, 0.5) is 0 Å². The highest BCUT2D eigenvalue weighted by atomic mass is 16.2. The van der Waals surface area contributed by atoms with Gasteiger partial charge in [-0.15, -0.1) is 10.2 Å². The maximum Gasteiger partial charge on any atom is 0.242 e. The van der Waals surface area contributed by atoms with Crippen LogP contribution in [0.2, 0.25) is 0 Å². The van der Waals surface area contributed by atoms with Crippen LogP contribution in [0.1, 0.15) is 25.0 Å². The van der Waals surface area contributed by atoms with Gasteiger partial charge in [-0.05, 0) is 12.5 Å². The lowest BCUT2D eigenvalue weighted by atomic mass is 10.1. The molecule has 7 heteroatoms. The van der Waals surface area contributed by atoms with Crippen molar-refractivity contribution in [3.05, 3.63) is 30.1 Å². The number of aromatic nitrogens is 5. The van der Waals surface area contributed by atoms with E-state index in [4.69, 9.17) is 0 Å². The van der Waals surface area contributed by atoms with Gasteiger partial charge in [-0.3, -0.25) is 9.48 Å². The SMILES string of the molecule is CCc1nnc2n1CC(NC(=O)Cn1cccn1)CC2. The molecule has 0 bridgehead atoms. The van der Waals surface area contributed by atoms with Gasteiger partial charge in [0.2, 0.25) is 5.91 Å². The highest BCUT2D eigenvalue weighted by Gasteiger charge is 2.23. The molecule has 0 fully saturated rings. The number of carbonyl (C=O) groups is 1. The summed E-state index contributed by atoms with van der Waals surface area (Å²) in [5, 5.41) is 15.5. The summed E-state index contributed by atoms with van der Waals surface area (Å²) in [6.45, 7) is 3.09. The Hall–Kier alpha value is -2.18. The first-order chi connectivity index (χ1) is 9.76. The summed E-state index contributed by atoms with van der Waals surface area (Å²) in [6.07, 6.45) is 6.09. The van der Waals surface area contributed by atoms with Gasteiger partial charge in [0.25, 0.3) is 0 Å². The molecule has 0 saturated heterocycles. The summed E-state index contributed by atoms with van der Waals surface area (Å²) >= 11 is 0. The first-order valence-electron chi connectivity index (χ1n) is 6.94. The quantitative estimate of drug-likeness (QED) is 0.862. The summed E-state index contributed by atoms with van der Waals surface area (Å²) in [6, 6.07) is 1.96. The molecule has 0 radical (unpaired) electrons. The second-order valence-corrected chi connectivity index (χ2v) is 5.00. The molecule has 2 aromatic rings. The number of hydrogen-bond donors (Lipinski definition) is 1. The van der Waals surface area contributed by atoms with Gasteiger partial charge in [0.1, 0.15) is 18.2 Å². The van der Waals surface area contributed by atoms with E-state index in [1.165, 1.54) is 0 Å². The van der Waals surface area contributed by atoms with Crippen molar-refractivity contribution in [1.82, 2.24) is 29.9 Å². The molecule has 106 valence electrons. The molecule has 0 saturated carbocycles. The topological polar surface area (TPSA) is 77.6 Å². The zero-order chi connectivity index (χ0) is 13.9. The van der Waals surface area contributed by atoms with Crippen molar-refractivity contribution in [2.45, 2.75) is 45.3 Å². The van der Waals surface area contributed by atoms with Crippen LogP contribution >= 0.6 is 0 Å². The second kappa shape index (κ2) is 5.44. The second-order valence-electron chi connectivity index (χ2n) is 5.00. The number of nitrogens with one attached hydrogen (secondary N) is 1. The summed E-state index contributed by atoms with van der Waals surface area (Å²) < 4.78 is 3.75. The number of fused-ring (bicyclic) bond motifs is 1. The fourth-order valence-corrected chi connectivity index (χ4v) is 2.58. The molecule has 1 aliphatic heterocycles. The number of hydrogen-bond acceptors (Lipinski definition) is 4. The molecule has 1 N–H and O–H groups in total. The molecular formula is C13H18N6O. The van der Waals surface area contributed by atoms with E-state index in [0.29, 0.717) is 0 Å². The van der Waals surface area contributed by atoms with Crippen molar-refractivity contribution in [2.75, 3.05) is 0 Å². The molecule has 1 amide bonds. The van der Waals surface area contributed by atoms with Crippen LogP contribution in [0.5, 0.6) is 0 Å². The summed E-state index contributed by atoms with van der Waals surface area (Å²) in [5.74, 6) is 2.01. The fraction of sp³-hybridized carbons (Fsp3) is 0.538. The van der Waals surface area contributed by atoms with E-state index in [-0.39, 0.29) is 18.5 Å². The van der Waals surface area contributed by atoms with Crippen LogP contribution in [0.25, 0.3) is 0 Å². The van der Waals surface area contributed by atoms with Crippen LogP contribution in [0, 0.1) is 0 Å². The van der Waals surface area contributed by atoms with Crippen molar-refractivity contribution in [3.8, 4) is 0 Å². The van der Waals surface area contributed by atoms with Crippen molar-refractivity contribution in [3.63, 3.8) is 0 Å². The Morgan fingerprint density at radius 1 is 1.50 bits per heavy atom. The van der Waals surface area contributed by atoms with Gasteiger partial charge in [0, 0.05) is 37.8 Å². The summed E-state index contributed by atoms with van der Waals surface area (Å²) in [7, 11) is 0. The Kier molecular flexibility index (Phi) is 3.49. The molecule has 0 aliphatic carbocycles. The lowest BCUT2D eigenvalue weighted by Gasteiger charge is -2.25. The highest BCUT2D eigenvalue weighted by molar-refractivity contribution is 5.75. The van der Waals surface area contributed by atoms with Gasteiger partial charge in [-0.2, -0.15) is 5.10 Å². The van der Waals surface area contributed by atoms with E-state index in [1.54, 1.807) is 17.1 Å². The number of nitrogens with zero attached hydrogens (tertiary/aromatic N) is 5. The number of rotatable bonds is 4. The molecule has 1 atom stereocenters. The molecule has 0 aromatic carbocycles. The first-order valence-corrected chi connectivity index (χ1v) is 6.94. The molecule has 1 aliphatic rings. The predicted molar refractivity (Wildman–Crippen MR) is 71.9 cm³/mol. The maximum absolute atomic E-state index is 12.0. The van der Waals surface area contributed by atoms with E-state index in [9.17, 15) is 4.79 Å². The van der Waals surface area contributed by atoms with Crippen LogP contribution < -0.4 is 5.32 Å².